The van der Waals surface area contributed by atoms with E-state index in [1.54, 1.807) is 4.90 Å². The molecule has 0 aromatic heterocycles. The molecule has 1 aliphatic heterocycles. The summed E-state index contributed by atoms with van der Waals surface area (Å²) in [6.07, 6.45) is -0.353. The molecule has 1 amide bonds. The van der Waals surface area contributed by atoms with Crippen LogP contribution in [0.2, 0.25) is 0 Å². The normalized spacial score (nSPS) is 19.5. The van der Waals surface area contributed by atoms with Crippen LogP contribution in [-0.2, 0) is 16.0 Å². The van der Waals surface area contributed by atoms with Crippen molar-refractivity contribution < 1.29 is 14.6 Å². The third-order valence-electron chi connectivity index (χ3n) is 5.11. The van der Waals surface area contributed by atoms with Gasteiger partial charge in [-0.25, -0.2) is 0 Å². The van der Waals surface area contributed by atoms with Crippen LogP contribution < -0.4 is 0 Å². The van der Waals surface area contributed by atoms with Crippen molar-refractivity contribution in [3.8, 4) is 0 Å². The maximum Gasteiger partial charge on any atom is 0.231 e. The van der Waals surface area contributed by atoms with Gasteiger partial charge < -0.3 is 14.7 Å². The molecule has 2 aromatic carbocycles. The zero-order valence-electron chi connectivity index (χ0n) is 15.4. The predicted molar refractivity (Wildman–Crippen MR) is 101 cm³/mol. The molecule has 0 aliphatic carbocycles. The first-order chi connectivity index (χ1) is 12.6. The van der Waals surface area contributed by atoms with Gasteiger partial charge in [-0.2, -0.15) is 0 Å². The van der Waals surface area contributed by atoms with E-state index in [4.69, 9.17) is 4.74 Å². The molecule has 1 saturated heterocycles. The highest BCUT2D eigenvalue weighted by Gasteiger charge is 2.38. The monoisotopic (exact) mass is 353 g/mol. The number of ether oxygens (including phenoxy) is 1. The Hall–Kier alpha value is -2.17. The Bertz CT molecular complexity index is 702. The van der Waals surface area contributed by atoms with Crippen LogP contribution >= 0.6 is 0 Å². The first-order valence-corrected chi connectivity index (χ1v) is 9.23. The number of aliphatic hydroxyl groups is 1. The van der Waals surface area contributed by atoms with Gasteiger partial charge >= 0.3 is 0 Å². The standard InChI is InChI=1S/C22H27NO3/c1-16(2)20-14-26-15-23(20)22(25)19(13-17-9-5-3-6-10-17)21(24)18-11-7-4-8-12-18/h3-12,16,19-21,24H,13-15H2,1-2H3/t19-,20-,21-/m1/s1. The summed E-state index contributed by atoms with van der Waals surface area (Å²) in [6, 6.07) is 19.4. The smallest absolute Gasteiger partial charge is 0.231 e. The molecule has 4 heteroatoms. The lowest BCUT2D eigenvalue weighted by atomic mass is 9.88. The Balaban J connectivity index is 1.88. The van der Waals surface area contributed by atoms with E-state index in [0.29, 0.717) is 25.7 Å². The fourth-order valence-corrected chi connectivity index (χ4v) is 3.53. The number of rotatable bonds is 6. The Morgan fingerprint density at radius 2 is 1.73 bits per heavy atom. The second kappa shape index (κ2) is 8.47. The molecule has 3 atom stereocenters. The van der Waals surface area contributed by atoms with E-state index in [-0.39, 0.29) is 11.9 Å². The molecule has 1 aliphatic rings. The summed E-state index contributed by atoms with van der Waals surface area (Å²) >= 11 is 0. The Morgan fingerprint density at radius 1 is 1.12 bits per heavy atom. The summed E-state index contributed by atoms with van der Waals surface area (Å²) in [5.41, 5.74) is 1.81. The van der Waals surface area contributed by atoms with Gasteiger partial charge in [0.25, 0.3) is 0 Å². The SMILES string of the molecule is CC(C)[C@H]1COCN1C(=O)[C@H](Cc1ccccc1)[C@H](O)c1ccccc1. The quantitative estimate of drug-likeness (QED) is 0.866. The van der Waals surface area contributed by atoms with Crippen LogP contribution in [-0.4, -0.2) is 35.3 Å². The van der Waals surface area contributed by atoms with Crippen LogP contribution in [0.15, 0.2) is 60.7 Å². The van der Waals surface area contributed by atoms with Crippen LogP contribution in [0.1, 0.15) is 31.1 Å². The van der Waals surface area contributed by atoms with E-state index >= 15 is 0 Å². The second-order valence-electron chi connectivity index (χ2n) is 7.27. The van der Waals surface area contributed by atoms with Gasteiger partial charge in [0.1, 0.15) is 6.73 Å². The molecule has 138 valence electrons. The number of nitrogens with zero attached hydrogens (tertiary/aromatic N) is 1. The number of hydrogen-bond acceptors (Lipinski definition) is 3. The fraction of sp³-hybridized carbons (Fsp3) is 0.409. The summed E-state index contributed by atoms with van der Waals surface area (Å²) in [4.78, 5) is 15.2. The van der Waals surface area contributed by atoms with Crippen molar-refractivity contribution in [1.82, 2.24) is 4.90 Å². The van der Waals surface area contributed by atoms with E-state index in [0.717, 1.165) is 11.1 Å². The first-order valence-electron chi connectivity index (χ1n) is 9.23. The molecule has 0 radical (unpaired) electrons. The molecule has 0 saturated carbocycles. The van der Waals surface area contributed by atoms with Gasteiger partial charge in [-0.05, 0) is 23.5 Å². The van der Waals surface area contributed by atoms with Crippen LogP contribution in [0.25, 0.3) is 0 Å². The van der Waals surface area contributed by atoms with Crippen LogP contribution in [0.5, 0.6) is 0 Å². The largest absolute Gasteiger partial charge is 0.388 e. The lowest BCUT2D eigenvalue weighted by Crippen LogP contribution is -2.45. The van der Waals surface area contributed by atoms with E-state index in [1.165, 1.54) is 0 Å². The third kappa shape index (κ3) is 4.14. The molecule has 1 heterocycles. The molecular weight excluding hydrogens is 326 g/mol. The van der Waals surface area contributed by atoms with Gasteiger partial charge in [0.05, 0.1) is 24.7 Å². The molecular formula is C22H27NO3. The van der Waals surface area contributed by atoms with Gasteiger partial charge in [-0.1, -0.05) is 74.5 Å². The maximum atomic E-state index is 13.4. The predicted octanol–water partition coefficient (Wildman–Crippen LogP) is 3.42. The summed E-state index contributed by atoms with van der Waals surface area (Å²) in [5.74, 6) is -0.267. The van der Waals surface area contributed by atoms with Crippen molar-refractivity contribution in [3.05, 3.63) is 71.8 Å². The van der Waals surface area contributed by atoms with Crippen LogP contribution in [0.4, 0.5) is 0 Å². The van der Waals surface area contributed by atoms with E-state index in [2.05, 4.69) is 13.8 Å². The van der Waals surface area contributed by atoms with Crippen molar-refractivity contribution in [3.63, 3.8) is 0 Å². The van der Waals surface area contributed by atoms with E-state index in [9.17, 15) is 9.90 Å². The van der Waals surface area contributed by atoms with Crippen molar-refractivity contribution in [2.24, 2.45) is 11.8 Å². The average Bonchev–Trinajstić information content (AvgIpc) is 3.17. The fourth-order valence-electron chi connectivity index (χ4n) is 3.53. The molecule has 2 aromatic rings. The maximum absolute atomic E-state index is 13.4. The number of carbonyl (C=O) groups excluding carboxylic acids is 1. The molecule has 0 bridgehead atoms. The van der Waals surface area contributed by atoms with Crippen molar-refractivity contribution in [2.45, 2.75) is 32.4 Å². The minimum absolute atomic E-state index is 0.0404. The van der Waals surface area contributed by atoms with Gasteiger partial charge in [0, 0.05) is 0 Å². The number of hydrogen-bond donors (Lipinski definition) is 1. The zero-order valence-corrected chi connectivity index (χ0v) is 15.4. The number of benzene rings is 2. The van der Waals surface area contributed by atoms with Crippen molar-refractivity contribution in [2.75, 3.05) is 13.3 Å². The Morgan fingerprint density at radius 3 is 2.35 bits per heavy atom. The van der Waals surface area contributed by atoms with Crippen LogP contribution in [0.3, 0.4) is 0 Å². The van der Waals surface area contributed by atoms with Gasteiger partial charge in [0.15, 0.2) is 0 Å². The molecule has 4 nitrogen and oxygen atoms in total. The lowest BCUT2D eigenvalue weighted by molar-refractivity contribution is -0.142. The first kappa shape index (κ1) is 18.6. The van der Waals surface area contributed by atoms with Gasteiger partial charge in [0.2, 0.25) is 5.91 Å². The third-order valence-corrected chi connectivity index (χ3v) is 5.11. The van der Waals surface area contributed by atoms with E-state index in [1.807, 2.05) is 60.7 Å². The zero-order chi connectivity index (χ0) is 18.5. The molecule has 3 rings (SSSR count). The second-order valence-corrected chi connectivity index (χ2v) is 7.27. The highest BCUT2D eigenvalue weighted by Crippen LogP contribution is 2.30. The summed E-state index contributed by atoms with van der Waals surface area (Å²) < 4.78 is 5.56. The minimum Gasteiger partial charge on any atom is -0.388 e. The molecule has 26 heavy (non-hydrogen) atoms. The van der Waals surface area contributed by atoms with Crippen LogP contribution in [0, 0.1) is 11.8 Å². The summed E-state index contributed by atoms with van der Waals surface area (Å²) in [7, 11) is 0. The van der Waals surface area contributed by atoms with Gasteiger partial charge in [-0.3, -0.25) is 4.79 Å². The highest BCUT2D eigenvalue weighted by atomic mass is 16.5. The molecule has 0 spiro atoms. The molecule has 1 N–H and O–H groups in total. The number of carbonyl (C=O) groups is 1. The van der Waals surface area contributed by atoms with Crippen molar-refractivity contribution in [1.29, 1.82) is 0 Å². The Kier molecular flexibility index (Phi) is 6.07. The Labute approximate surface area is 155 Å². The summed E-state index contributed by atoms with van der Waals surface area (Å²) in [6.45, 7) is 5.05. The molecule has 1 fully saturated rings. The lowest BCUT2D eigenvalue weighted by Gasteiger charge is -2.31. The number of aliphatic hydroxyl groups excluding tert-OH is 1. The minimum atomic E-state index is -0.850. The number of amides is 1. The van der Waals surface area contributed by atoms with Crippen molar-refractivity contribution >= 4 is 5.91 Å². The molecule has 0 unspecified atom stereocenters. The van der Waals surface area contributed by atoms with Gasteiger partial charge in [-0.15, -0.1) is 0 Å². The summed E-state index contributed by atoms with van der Waals surface area (Å²) in [5, 5.41) is 11.0. The average molecular weight is 353 g/mol. The highest BCUT2D eigenvalue weighted by molar-refractivity contribution is 5.80. The van der Waals surface area contributed by atoms with E-state index < -0.39 is 12.0 Å². The topological polar surface area (TPSA) is 49.8 Å².